The van der Waals surface area contributed by atoms with Crippen LogP contribution in [0.4, 0.5) is 13.2 Å². The number of fused-ring (bicyclic) bond motifs is 1. The highest BCUT2D eigenvalue weighted by molar-refractivity contribution is 5.58. The molecule has 2 aromatic carbocycles. The van der Waals surface area contributed by atoms with Crippen molar-refractivity contribution in [2.24, 2.45) is 0 Å². The van der Waals surface area contributed by atoms with E-state index in [-0.39, 0.29) is 29.4 Å². The third-order valence-electron chi connectivity index (χ3n) is 4.57. The van der Waals surface area contributed by atoms with Crippen LogP contribution in [0.2, 0.25) is 0 Å². The van der Waals surface area contributed by atoms with E-state index in [4.69, 9.17) is 9.47 Å². The second-order valence-electron chi connectivity index (χ2n) is 5.97. The molecule has 2 aromatic rings. The summed E-state index contributed by atoms with van der Waals surface area (Å²) in [5, 5.41) is 3.25. The molecule has 25 heavy (non-hydrogen) atoms. The zero-order valence-corrected chi connectivity index (χ0v) is 14.1. The molecule has 0 spiro atoms. The minimum atomic E-state index is -4.52. The fourth-order valence-electron chi connectivity index (χ4n) is 3.49. The zero-order valence-electron chi connectivity index (χ0n) is 14.1. The quantitative estimate of drug-likeness (QED) is 0.907. The number of hydrogen-bond acceptors (Lipinski definition) is 3. The van der Waals surface area contributed by atoms with Crippen LogP contribution in [-0.4, -0.2) is 27.3 Å². The lowest BCUT2D eigenvalue weighted by molar-refractivity contribution is -0.139. The van der Waals surface area contributed by atoms with E-state index in [0.29, 0.717) is 18.7 Å². The van der Waals surface area contributed by atoms with Gasteiger partial charge in [0, 0.05) is 12.5 Å². The van der Waals surface area contributed by atoms with Crippen molar-refractivity contribution < 1.29 is 22.6 Å². The van der Waals surface area contributed by atoms with Crippen molar-refractivity contribution in [3.63, 3.8) is 0 Å². The monoisotopic (exact) mass is 351 g/mol. The molecule has 0 fully saturated rings. The van der Waals surface area contributed by atoms with E-state index in [9.17, 15) is 13.2 Å². The second kappa shape index (κ2) is 6.96. The SMILES string of the molecule is COc1cc2c(c(C(F)(F)F)c1OC)CCNCC2c1ccccc1. The molecule has 0 aromatic heterocycles. The molecule has 3 nitrogen and oxygen atoms in total. The summed E-state index contributed by atoms with van der Waals surface area (Å²) in [5.41, 5.74) is 1.16. The summed E-state index contributed by atoms with van der Waals surface area (Å²) in [7, 11) is 2.60. The average Bonchev–Trinajstić information content (AvgIpc) is 2.81. The lowest BCUT2D eigenvalue weighted by Crippen LogP contribution is -2.20. The summed E-state index contributed by atoms with van der Waals surface area (Å²) in [6, 6.07) is 11.2. The summed E-state index contributed by atoms with van der Waals surface area (Å²) in [5.74, 6) is -0.321. The van der Waals surface area contributed by atoms with Crippen molar-refractivity contribution in [3.8, 4) is 11.5 Å². The number of halogens is 3. The molecule has 0 saturated heterocycles. The van der Waals surface area contributed by atoms with E-state index < -0.39 is 11.7 Å². The molecule has 0 bridgehead atoms. The van der Waals surface area contributed by atoms with E-state index in [1.165, 1.54) is 14.2 Å². The number of methoxy groups -OCH3 is 2. The average molecular weight is 351 g/mol. The Balaban J connectivity index is 2.29. The van der Waals surface area contributed by atoms with Crippen LogP contribution in [0.5, 0.6) is 11.5 Å². The van der Waals surface area contributed by atoms with Gasteiger partial charge in [-0.15, -0.1) is 0 Å². The topological polar surface area (TPSA) is 30.5 Å². The maximum atomic E-state index is 13.8. The van der Waals surface area contributed by atoms with Gasteiger partial charge in [-0.25, -0.2) is 0 Å². The number of alkyl halides is 3. The molecule has 134 valence electrons. The van der Waals surface area contributed by atoms with Gasteiger partial charge in [0.2, 0.25) is 0 Å². The first kappa shape index (κ1) is 17.6. The molecular formula is C19H20F3NO2. The molecule has 1 N–H and O–H groups in total. The highest BCUT2D eigenvalue weighted by Gasteiger charge is 2.41. The lowest BCUT2D eigenvalue weighted by atomic mass is 9.85. The third kappa shape index (κ3) is 3.31. The molecule has 1 aliphatic rings. The van der Waals surface area contributed by atoms with E-state index in [1.54, 1.807) is 6.07 Å². The molecule has 1 unspecified atom stereocenters. The number of ether oxygens (including phenoxy) is 2. The Bertz CT molecular complexity index is 745. The molecular weight excluding hydrogens is 331 g/mol. The van der Waals surface area contributed by atoms with Gasteiger partial charge in [0.05, 0.1) is 14.2 Å². The van der Waals surface area contributed by atoms with Gasteiger partial charge in [0.15, 0.2) is 11.5 Å². The zero-order chi connectivity index (χ0) is 18.0. The van der Waals surface area contributed by atoms with Gasteiger partial charge in [0.25, 0.3) is 0 Å². The molecule has 0 amide bonds. The number of rotatable bonds is 3. The van der Waals surface area contributed by atoms with Crippen LogP contribution in [0.15, 0.2) is 36.4 Å². The van der Waals surface area contributed by atoms with Gasteiger partial charge in [-0.2, -0.15) is 13.2 Å². The normalized spacial score (nSPS) is 17.6. The van der Waals surface area contributed by atoms with E-state index in [1.807, 2.05) is 30.3 Å². The van der Waals surface area contributed by atoms with Crippen LogP contribution in [0.3, 0.4) is 0 Å². The summed E-state index contributed by atoms with van der Waals surface area (Å²) in [6.45, 7) is 1.05. The molecule has 0 radical (unpaired) electrons. The van der Waals surface area contributed by atoms with Crippen molar-refractivity contribution in [2.75, 3.05) is 27.3 Å². The summed E-state index contributed by atoms with van der Waals surface area (Å²) in [4.78, 5) is 0. The molecule has 1 aliphatic heterocycles. The lowest BCUT2D eigenvalue weighted by Gasteiger charge is -2.24. The standard InChI is InChI=1S/C19H20F3NO2/c1-24-16-10-14-13(17(18(16)25-2)19(20,21)22)8-9-23-11-15(14)12-6-4-3-5-7-12/h3-7,10,15,23H,8-9,11H2,1-2H3. The van der Waals surface area contributed by atoms with Crippen LogP contribution in [0.1, 0.15) is 28.2 Å². The number of nitrogens with one attached hydrogen (secondary N) is 1. The maximum Gasteiger partial charge on any atom is 0.420 e. The highest BCUT2D eigenvalue weighted by atomic mass is 19.4. The summed E-state index contributed by atoms with van der Waals surface area (Å²) in [6.07, 6.45) is -4.23. The van der Waals surface area contributed by atoms with Gasteiger partial charge in [-0.1, -0.05) is 30.3 Å². The molecule has 0 saturated carbocycles. The predicted octanol–water partition coefficient (Wildman–Crippen LogP) is 4.00. The summed E-state index contributed by atoms with van der Waals surface area (Å²) >= 11 is 0. The van der Waals surface area contributed by atoms with E-state index in [0.717, 1.165) is 5.56 Å². The highest BCUT2D eigenvalue weighted by Crippen LogP contribution is 2.48. The molecule has 0 aliphatic carbocycles. The smallest absolute Gasteiger partial charge is 0.420 e. The Morgan fingerprint density at radius 2 is 1.80 bits per heavy atom. The van der Waals surface area contributed by atoms with Crippen molar-refractivity contribution >= 4 is 0 Å². The Labute approximate surface area is 144 Å². The Morgan fingerprint density at radius 1 is 1.08 bits per heavy atom. The van der Waals surface area contributed by atoms with Gasteiger partial charge in [0.1, 0.15) is 5.56 Å². The Morgan fingerprint density at radius 3 is 2.40 bits per heavy atom. The van der Waals surface area contributed by atoms with Gasteiger partial charge >= 0.3 is 6.18 Å². The van der Waals surface area contributed by atoms with E-state index in [2.05, 4.69) is 5.32 Å². The molecule has 6 heteroatoms. The second-order valence-corrected chi connectivity index (χ2v) is 5.97. The molecule has 1 heterocycles. The van der Waals surface area contributed by atoms with Crippen LogP contribution >= 0.6 is 0 Å². The van der Waals surface area contributed by atoms with Gasteiger partial charge in [-0.3, -0.25) is 0 Å². The van der Waals surface area contributed by atoms with Crippen LogP contribution in [-0.2, 0) is 12.6 Å². The maximum absolute atomic E-state index is 13.8. The fourth-order valence-corrected chi connectivity index (χ4v) is 3.49. The van der Waals surface area contributed by atoms with Crippen molar-refractivity contribution in [1.29, 1.82) is 0 Å². The van der Waals surface area contributed by atoms with Crippen molar-refractivity contribution in [1.82, 2.24) is 5.32 Å². The molecule has 1 atom stereocenters. The minimum absolute atomic E-state index is 0.108. The van der Waals surface area contributed by atoms with Gasteiger partial charge in [-0.05, 0) is 35.7 Å². The Kier molecular flexibility index (Phi) is 4.90. The van der Waals surface area contributed by atoms with Gasteiger partial charge < -0.3 is 14.8 Å². The number of hydrogen-bond donors (Lipinski definition) is 1. The van der Waals surface area contributed by atoms with Crippen LogP contribution in [0, 0.1) is 0 Å². The first-order valence-electron chi connectivity index (χ1n) is 8.08. The first-order valence-corrected chi connectivity index (χ1v) is 8.08. The van der Waals surface area contributed by atoms with E-state index >= 15 is 0 Å². The summed E-state index contributed by atoms with van der Waals surface area (Å²) < 4.78 is 51.8. The molecule has 3 rings (SSSR count). The number of benzene rings is 2. The Hall–Kier alpha value is -2.21. The van der Waals surface area contributed by atoms with Crippen LogP contribution in [0.25, 0.3) is 0 Å². The third-order valence-corrected chi connectivity index (χ3v) is 4.57. The minimum Gasteiger partial charge on any atom is -0.493 e. The predicted molar refractivity (Wildman–Crippen MR) is 89.4 cm³/mol. The van der Waals surface area contributed by atoms with Crippen LogP contribution < -0.4 is 14.8 Å². The fraction of sp³-hybridized carbons (Fsp3) is 0.368. The largest absolute Gasteiger partial charge is 0.493 e. The van der Waals surface area contributed by atoms with Crippen molar-refractivity contribution in [3.05, 3.63) is 58.7 Å². The first-order chi connectivity index (χ1) is 12.0. The van der Waals surface area contributed by atoms with Crippen molar-refractivity contribution in [2.45, 2.75) is 18.5 Å².